The highest BCUT2D eigenvalue weighted by Gasteiger charge is 2.19. The smallest absolute Gasteiger partial charge is 0.248 e. The van der Waals surface area contributed by atoms with Crippen LogP contribution in [-0.2, 0) is 6.54 Å². The van der Waals surface area contributed by atoms with Crippen molar-refractivity contribution in [1.29, 1.82) is 0 Å². The van der Waals surface area contributed by atoms with Gasteiger partial charge in [0.15, 0.2) is 17.0 Å². The Morgan fingerprint density at radius 1 is 1.09 bits per heavy atom. The Kier molecular flexibility index (Phi) is 4.78. The number of amides is 1. The number of H-pyrrole nitrogens is 1. The molecule has 32 heavy (non-hydrogen) atoms. The van der Waals surface area contributed by atoms with Crippen LogP contribution in [0.2, 0.25) is 0 Å². The van der Waals surface area contributed by atoms with Crippen molar-refractivity contribution in [2.24, 2.45) is 5.73 Å². The highest BCUT2D eigenvalue weighted by molar-refractivity contribution is 5.93. The second kappa shape index (κ2) is 7.77. The SMILES string of the molecule is CC(C)n1c(-c2ccc(C(N)=O)cc2)nc2c(NCc3nc4ccccc4[nH]3)ncnc21. The average molecular weight is 426 g/mol. The van der Waals surface area contributed by atoms with Gasteiger partial charge in [-0.15, -0.1) is 0 Å². The minimum Gasteiger partial charge on any atom is -0.366 e. The Hall–Kier alpha value is -4.27. The van der Waals surface area contributed by atoms with Crippen molar-refractivity contribution < 1.29 is 4.79 Å². The maximum Gasteiger partial charge on any atom is 0.248 e. The van der Waals surface area contributed by atoms with Gasteiger partial charge < -0.3 is 20.6 Å². The van der Waals surface area contributed by atoms with E-state index in [2.05, 4.69) is 43.7 Å². The molecule has 5 rings (SSSR count). The summed E-state index contributed by atoms with van der Waals surface area (Å²) in [6, 6.07) is 15.1. The van der Waals surface area contributed by atoms with Crippen LogP contribution in [0.4, 0.5) is 5.82 Å². The van der Waals surface area contributed by atoms with Crippen molar-refractivity contribution in [3.63, 3.8) is 0 Å². The summed E-state index contributed by atoms with van der Waals surface area (Å²) < 4.78 is 2.06. The number of aromatic amines is 1. The summed E-state index contributed by atoms with van der Waals surface area (Å²) in [6.45, 7) is 4.62. The second-order valence-electron chi connectivity index (χ2n) is 7.79. The third-order valence-electron chi connectivity index (χ3n) is 5.28. The van der Waals surface area contributed by atoms with Gasteiger partial charge in [0, 0.05) is 17.2 Å². The first-order valence-electron chi connectivity index (χ1n) is 10.3. The van der Waals surface area contributed by atoms with E-state index < -0.39 is 5.91 Å². The van der Waals surface area contributed by atoms with Gasteiger partial charge in [-0.25, -0.2) is 19.9 Å². The molecular weight excluding hydrogens is 404 g/mol. The minimum absolute atomic E-state index is 0.115. The summed E-state index contributed by atoms with van der Waals surface area (Å²) in [5, 5.41) is 3.34. The molecule has 1 amide bonds. The molecule has 9 nitrogen and oxygen atoms in total. The van der Waals surface area contributed by atoms with Gasteiger partial charge in [0.05, 0.1) is 17.6 Å². The molecule has 0 saturated carbocycles. The van der Waals surface area contributed by atoms with Gasteiger partial charge in [-0.2, -0.15) is 0 Å². The predicted octanol–water partition coefficient (Wildman–Crippen LogP) is 3.66. The van der Waals surface area contributed by atoms with E-state index in [4.69, 9.17) is 10.7 Å². The first-order chi connectivity index (χ1) is 15.5. The number of nitrogens with two attached hydrogens (primary N) is 1. The molecule has 4 N–H and O–H groups in total. The van der Waals surface area contributed by atoms with Crippen LogP contribution in [0.25, 0.3) is 33.6 Å². The van der Waals surface area contributed by atoms with E-state index in [1.807, 2.05) is 36.4 Å². The van der Waals surface area contributed by atoms with E-state index in [0.717, 1.165) is 33.9 Å². The average Bonchev–Trinajstić information content (AvgIpc) is 3.39. The Morgan fingerprint density at radius 3 is 2.59 bits per heavy atom. The molecule has 0 saturated heterocycles. The lowest BCUT2D eigenvalue weighted by Gasteiger charge is -2.12. The van der Waals surface area contributed by atoms with Crippen molar-refractivity contribution in [2.75, 3.05) is 5.32 Å². The molecule has 0 unspecified atom stereocenters. The van der Waals surface area contributed by atoms with Gasteiger partial charge >= 0.3 is 0 Å². The molecule has 0 aliphatic carbocycles. The number of nitrogens with zero attached hydrogens (tertiary/aromatic N) is 5. The van der Waals surface area contributed by atoms with E-state index in [-0.39, 0.29) is 6.04 Å². The molecule has 9 heteroatoms. The first kappa shape index (κ1) is 19.7. The molecular formula is C23H22N8O. The fourth-order valence-corrected chi connectivity index (χ4v) is 3.77. The molecule has 0 spiro atoms. The zero-order chi connectivity index (χ0) is 22.2. The Morgan fingerprint density at radius 2 is 1.88 bits per heavy atom. The normalized spacial score (nSPS) is 11.5. The predicted molar refractivity (Wildman–Crippen MR) is 123 cm³/mol. The van der Waals surface area contributed by atoms with Crippen LogP contribution in [-0.4, -0.2) is 35.4 Å². The molecule has 3 aromatic heterocycles. The van der Waals surface area contributed by atoms with Crippen molar-refractivity contribution in [3.05, 3.63) is 66.2 Å². The summed E-state index contributed by atoms with van der Waals surface area (Å²) in [6.07, 6.45) is 1.53. The number of carbonyl (C=O) groups excluding carboxylic acids is 1. The van der Waals surface area contributed by atoms with Crippen LogP contribution >= 0.6 is 0 Å². The van der Waals surface area contributed by atoms with Gasteiger partial charge in [-0.1, -0.05) is 24.3 Å². The quantitative estimate of drug-likeness (QED) is 0.380. The van der Waals surface area contributed by atoms with Crippen molar-refractivity contribution in [1.82, 2.24) is 29.5 Å². The summed E-state index contributed by atoms with van der Waals surface area (Å²) in [5.41, 5.74) is 10.0. The molecule has 3 heterocycles. The number of hydrogen-bond donors (Lipinski definition) is 3. The number of para-hydroxylation sites is 2. The molecule has 5 aromatic rings. The molecule has 0 atom stereocenters. The molecule has 0 aliphatic rings. The van der Waals surface area contributed by atoms with E-state index in [1.54, 1.807) is 12.1 Å². The first-order valence-corrected chi connectivity index (χ1v) is 10.3. The monoisotopic (exact) mass is 426 g/mol. The van der Waals surface area contributed by atoms with Crippen molar-refractivity contribution >= 4 is 33.9 Å². The van der Waals surface area contributed by atoms with Gasteiger partial charge in [-0.05, 0) is 38.1 Å². The van der Waals surface area contributed by atoms with Gasteiger partial charge in [-0.3, -0.25) is 4.79 Å². The Labute approximate surface area is 183 Å². The molecule has 160 valence electrons. The number of fused-ring (bicyclic) bond motifs is 2. The summed E-state index contributed by atoms with van der Waals surface area (Å²) in [5.74, 6) is 1.73. The van der Waals surface area contributed by atoms with Crippen LogP contribution in [0.1, 0.15) is 36.1 Å². The Balaban J connectivity index is 1.53. The van der Waals surface area contributed by atoms with Gasteiger partial charge in [0.25, 0.3) is 0 Å². The number of rotatable bonds is 6. The van der Waals surface area contributed by atoms with E-state index in [9.17, 15) is 4.79 Å². The van der Waals surface area contributed by atoms with Crippen LogP contribution in [0.3, 0.4) is 0 Å². The number of hydrogen-bond acceptors (Lipinski definition) is 6. The topological polar surface area (TPSA) is 127 Å². The van der Waals surface area contributed by atoms with E-state index >= 15 is 0 Å². The van der Waals surface area contributed by atoms with Crippen LogP contribution in [0.15, 0.2) is 54.9 Å². The molecule has 0 aliphatic heterocycles. The third kappa shape index (κ3) is 3.43. The largest absolute Gasteiger partial charge is 0.366 e. The molecule has 2 aromatic carbocycles. The molecule has 0 fully saturated rings. The number of aromatic nitrogens is 6. The highest BCUT2D eigenvalue weighted by Crippen LogP contribution is 2.30. The maximum atomic E-state index is 11.4. The fraction of sp³-hybridized carbons (Fsp3) is 0.174. The molecule has 0 radical (unpaired) electrons. The van der Waals surface area contributed by atoms with E-state index in [0.29, 0.717) is 23.4 Å². The third-order valence-corrected chi connectivity index (χ3v) is 5.28. The number of imidazole rings is 2. The minimum atomic E-state index is -0.461. The Bertz CT molecular complexity index is 1400. The second-order valence-corrected chi connectivity index (χ2v) is 7.79. The van der Waals surface area contributed by atoms with Crippen LogP contribution in [0, 0.1) is 0 Å². The number of anilines is 1. The standard InChI is InChI=1S/C23H22N8O/c1-13(2)31-22(15-9-7-14(8-10-15)20(24)32)30-19-21(26-12-27-23(19)31)25-11-18-28-16-5-3-4-6-17(16)29-18/h3-10,12-13H,11H2,1-2H3,(H2,24,32)(H,28,29)(H,25,26,27). The lowest BCUT2D eigenvalue weighted by Crippen LogP contribution is -2.10. The zero-order valence-corrected chi connectivity index (χ0v) is 17.7. The van der Waals surface area contributed by atoms with Crippen molar-refractivity contribution in [3.8, 4) is 11.4 Å². The van der Waals surface area contributed by atoms with Gasteiger partial charge in [0.2, 0.25) is 5.91 Å². The molecule has 0 bridgehead atoms. The maximum absolute atomic E-state index is 11.4. The van der Waals surface area contributed by atoms with Crippen molar-refractivity contribution in [2.45, 2.75) is 26.4 Å². The number of benzene rings is 2. The van der Waals surface area contributed by atoms with Crippen LogP contribution in [0.5, 0.6) is 0 Å². The van der Waals surface area contributed by atoms with Gasteiger partial charge in [0.1, 0.15) is 18.0 Å². The number of primary amides is 1. The summed E-state index contributed by atoms with van der Waals surface area (Å²) >= 11 is 0. The fourth-order valence-electron chi connectivity index (χ4n) is 3.77. The highest BCUT2D eigenvalue weighted by atomic mass is 16.1. The summed E-state index contributed by atoms with van der Waals surface area (Å²) in [4.78, 5) is 33.1. The lowest BCUT2D eigenvalue weighted by atomic mass is 10.1. The van der Waals surface area contributed by atoms with Crippen LogP contribution < -0.4 is 11.1 Å². The van der Waals surface area contributed by atoms with E-state index in [1.165, 1.54) is 6.33 Å². The number of nitrogens with one attached hydrogen (secondary N) is 2. The summed E-state index contributed by atoms with van der Waals surface area (Å²) in [7, 11) is 0. The zero-order valence-electron chi connectivity index (χ0n) is 17.7. The lowest BCUT2D eigenvalue weighted by molar-refractivity contribution is 0.100. The number of carbonyl (C=O) groups is 1.